The molecule has 2 aromatic rings. The number of ether oxygens (including phenoxy) is 2. The average Bonchev–Trinajstić information content (AvgIpc) is 2.72. The highest BCUT2D eigenvalue weighted by molar-refractivity contribution is 6.32. The van der Waals surface area contributed by atoms with E-state index in [0.717, 1.165) is 35.9 Å². The van der Waals surface area contributed by atoms with Crippen LogP contribution in [-0.2, 0) is 16.0 Å². The van der Waals surface area contributed by atoms with E-state index in [2.05, 4.69) is 24.9 Å². The second kappa shape index (κ2) is 10.3. The third kappa shape index (κ3) is 6.22. The first-order chi connectivity index (χ1) is 15.2. The smallest absolute Gasteiger partial charge is 0.320 e. The van der Waals surface area contributed by atoms with Crippen molar-refractivity contribution in [2.75, 3.05) is 20.2 Å². The second-order valence-electron chi connectivity index (χ2n) is 8.95. The molecule has 0 saturated carbocycles. The molecule has 0 bridgehead atoms. The lowest BCUT2D eigenvalue weighted by Gasteiger charge is -2.38. The fourth-order valence-electron chi connectivity index (χ4n) is 4.05. The maximum atomic E-state index is 12.5. The van der Waals surface area contributed by atoms with Crippen LogP contribution < -0.4 is 4.74 Å². The Balaban J connectivity index is 1.79. The first kappa shape index (κ1) is 24.0. The summed E-state index contributed by atoms with van der Waals surface area (Å²) in [6.45, 7) is 6.21. The molecule has 172 valence electrons. The maximum Gasteiger partial charge on any atom is 0.320 e. The van der Waals surface area contributed by atoms with Gasteiger partial charge in [-0.25, -0.2) is 4.98 Å². The maximum absolute atomic E-state index is 12.5. The van der Waals surface area contributed by atoms with Crippen molar-refractivity contribution in [3.63, 3.8) is 0 Å². The number of nitrogens with zero attached hydrogens (tertiary/aromatic N) is 6. The lowest BCUT2D eigenvalue weighted by Crippen LogP contribution is -2.48. The fourth-order valence-corrected chi connectivity index (χ4v) is 4.28. The number of pyridine rings is 2. The van der Waals surface area contributed by atoms with Gasteiger partial charge in [0.05, 0.1) is 35.8 Å². The molecule has 2 aromatic heterocycles. The fraction of sp³-hybridized carbons (Fsp3) is 0.591. The molecule has 0 unspecified atom stereocenters. The average molecular weight is 461 g/mol. The topological polar surface area (TPSA) is 113 Å². The normalized spacial score (nSPS) is 19.4. The van der Waals surface area contributed by atoms with Crippen molar-refractivity contribution in [3.8, 4) is 5.88 Å². The summed E-state index contributed by atoms with van der Waals surface area (Å²) in [6, 6.07) is 3.60. The zero-order valence-electron chi connectivity index (χ0n) is 18.9. The van der Waals surface area contributed by atoms with Gasteiger partial charge < -0.3 is 9.47 Å². The second-order valence-corrected chi connectivity index (χ2v) is 9.36. The SMILES string of the molecule is COc1ccc2ncc(Cl)c(CC[C@H]3CC[C@H](N=[N+]=[N-])CN3CC(=O)OC(C)(C)C)c2n1. The zero-order chi connectivity index (χ0) is 23.3. The van der Waals surface area contributed by atoms with Gasteiger partial charge in [-0.3, -0.25) is 14.7 Å². The van der Waals surface area contributed by atoms with Gasteiger partial charge in [-0.05, 0) is 58.1 Å². The molecule has 9 nitrogen and oxygen atoms in total. The van der Waals surface area contributed by atoms with Gasteiger partial charge in [0.1, 0.15) is 5.60 Å². The van der Waals surface area contributed by atoms with Crippen LogP contribution in [0.4, 0.5) is 0 Å². The summed E-state index contributed by atoms with van der Waals surface area (Å²) in [4.78, 5) is 26.4. The Morgan fingerprint density at radius 3 is 2.84 bits per heavy atom. The van der Waals surface area contributed by atoms with Crippen LogP contribution in [0.15, 0.2) is 23.4 Å². The number of fused-ring (bicyclic) bond motifs is 1. The number of esters is 1. The zero-order valence-corrected chi connectivity index (χ0v) is 19.7. The minimum atomic E-state index is -0.555. The predicted molar refractivity (Wildman–Crippen MR) is 123 cm³/mol. The monoisotopic (exact) mass is 460 g/mol. The summed E-state index contributed by atoms with van der Waals surface area (Å²) in [5.41, 5.74) is 10.7. The van der Waals surface area contributed by atoms with E-state index in [1.165, 1.54) is 0 Å². The van der Waals surface area contributed by atoms with Gasteiger partial charge in [0, 0.05) is 35.3 Å². The molecule has 0 N–H and O–H groups in total. The van der Waals surface area contributed by atoms with Crippen molar-refractivity contribution in [2.24, 2.45) is 5.11 Å². The van der Waals surface area contributed by atoms with Crippen LogP contribution in [-0.4, -0.2) is 58.7 Å². The summed E-state index contributed by atoms with van der Waals surface area (Å²) >= 11 is 6.49. The molecule has 32 heavy (non-hydrogen) atoms. The summed E-state index contributed by atoms with van der Waals surface area (Å²) in [5, 5.41) is 4.43. The van der Waals surface area contributed by atoms with Crippen LogP contribution in [0.1, 0.15) is 45.6 Å². The van der Waals surface area contributed by atoms with Gasteiger partial charge in [0.25, 0.3) is 0 Å². The quantitative estimate of drug-likeness (QED) is 0.256. The Morgan fingerprint density at radius 2 is 2.16 bits per heavy atom. The van der Waals surface area contributed by atoms with Crippen LogP contribution in [0.2, 0.25) is 5.02 Å². The van der Waals surface area contributed by atoms with Crippen LogP contribution in [0.3, 0.4) is 0 Å². The van der Waals surface area contributed by atoms with E-state index in [4.69, 9.17) is 26.6 Å². The van der Waals surface area contributed by atoms with Gasteiger partial charge in [-0.15, -0.1) is 0 Å². The van der Waals surface area contributed by atoms with Crippen molar-refractivity contribution in [1.82, 2.24) is 14.9 Å². The Morgan fingerprint density at radius 1 is 1.38 bits per heavy atom. The predicted octanol–water partition coefficient (Wildman–Crippen LogP) is 4.71. The number of methoxy groups -OCH3 is 1. The molecule has 0 radical (unpaired) electrons. The van der Waals surface area contributed by atoms with E-state index in [-0.39, 0.29) is 24.6 Å². The molecule has 2 atom stereocenters. The number of halogens is 1. The Bertz CT molecular complexity index is 1020. The highest BCUT2D eigenvalue weighted by Gasteiger charge is 2.30. The highest BCUT2D eigenvalue weighted by Crippen LogP contribution is 2.29. The molecule has 1 fully saturated rings. The number of hydrogen-bond donors (Lipinski definition) is 0. The van der Waals surface area contributed by atoms with E-state index in [0.29, 0.717) is 23.9 Å². The number of aryl methyl sites for hydroxylation is 1. The number of likely N-dealkylation sites (tertiary alicyclic amines) is 1. The molecule has 10 heteroatoms. The first-order valence-electron chi connectivity index (χ1n) is 10.7. The molecular formula is C22H29ClN6O3. The standard InChI is InChI=1S/C22H29ClN6O3/c1-22(2,3)32-20(30)13-29-12-14(27-28-24)5-6-15(29)7-8-16-17(23)11-25-18-9-10-19(31-4)26-21(16)18/h9-11,14-15H,5-8,12-13H2,1-4H3/t14-,15+/m0/s1. The molecule has 3 rings (SSSR count). The van der Waals surface area contributed by atoms with Crippen molar-refractivity contribution < 1.29 is 14.3 Å². The van der Waals surface area contributed by atoms with Crippen molar-refractivity contribution in [3.05, 3.63) is 39.4 Å². The molecular weight excluding hydrogens is 432 g/mol. The lowest BCUT2D eigenvalue weighted by atomic mass is 9.93. The Labute approximate surface area is 192 Å². The van der Waals surface area contributed by atoms with Crippen LogP contribution in [0, 0.1) is 0 Å². The number of carbonyl (C=O) groups excluding carboxylic acids is 1. The lowest BCUT2D eigenvalue weighted by molar-refractivity contribution is -0.157. The van der Waals surface area contributed by atoms with Gasteiger partial charge in [-0.2, -0.15) is 0 Å². The largest absolute Gasteiger partial charge is 0.481 e. The van der Waals surface area contributed by atoms with E-state index in [1.807, 2.05) is 26.8 Å². The van der Waals surface area contributed by atoms with Crippen molar-refractivity contribution >= 4 is 28.6 Å². The molecule has 1 aliphatic heterocycles. The van der Waals surface area contributed by atoms with Crippen LogP contribution >= 0.6 is 11.6 Å². The van der Waals surface area contributed by atoms with E-state index < -0.39 is 5.60 Å². The third-order valence-electron chi connectivity index (χ3n) is 5.44. The molecule has 0 spiro atoms. The summed E-state index contributed by atoms with van der Waals surface area (Å²) in [6.07, 6.45) is 4.66. The molecule has 3 heterocycles. The molecule has 0 aliphatic carbocycles. The Hall–Kier alpha value is -2.61. The Kier molecular flexibility index (Phi) is 7.77. The van der Waals surface area contributed by atoms with Crippen molar-refractivity contribution in [1.29, 1.82) is 0 Å². The van der Waals surface area contributed by atoms with Crippen molar-refractivity contribution in [2.45, 2.75) is 64.1 Å². The molecule has 1 aliphatic rings. The van der Waals surface area contributed by atoms with E-state index in [9.17, 15) is 4.79 Å². The number of aromatic nitrogens is 2. The number of hydrogen-bond acceptors (Lipinski definition) is 7. The molecule has 0 amide bonds. The number of azide groups is 1. The molecule has 1 saturated heterocycles. The number of piperidine rings is 1. The van der Waals surface area contributed by atoms with Gasteiger partial charge in [0.2, 0.25) is 5.88 Å². The van der Waals surface area contributed by atoms with Gasteiger partial charge >= 0.3 is 5.97 Å². The van der Waals surface area contributed by atoms with Gasteiger partial charge in [0.15, 0.2) is 0 Å². The summed E-state index contributed by atoms with van der Waals surface area (Å²) < 4.78 is 10.8. The van der Waals surface area contributed by atoms with E-state index >= 15 is 0 Å². The number of rotatable bonds is 7. The van der Waals surface area contributed by atoms with Gasteiger partial charge in [-0.1, -0.05) is 16.7 Å². The number of carbonyl (C=O) groups is 1. The summed E-state index contributed by atoms with van der Waals surface area (Å²) in [5.74, 6) is 0.215. The minimum Gasteiger partial charge on any atom is -0.481 e. The first-order valence-corrected chi connectivity index (χ1v) is 11.1. The van der Waals surface area contributed by atoms with Crippen LogP contribution in [0.25, 0.3) is 21.5 Å². The van der Waals surface area contributed by atoms with E-state index in [1.54, 1.807) is 19.4 Å². The highest BCUT2D eigenvalue weighted by atomic mass is 35.5. The summed E-state index contributed by atoms with van der Waals surface area (Å²) in [7, 11) is 1.57. The van der Waals surface area contributed by atoms with Crippen LogP contribution in [0.5, 0.6) is 5.88 Å². The minimum absolute atomic E-state index is 0.123. The third-order valence-corrected chi connectivity index (χ3v) is 5.76. The molecule has 0 aromatic carbocycles.